The topological polar surface area (TPSA) is 40.5 Å². The second-order valence-electron chi connectivity index (χ2n) is 6.04. The fourth-order valence-corrected chi connectivity index (χ4v) is 2.94. The van der Waals surface area contributed by atoms with Crippen LogP contribution >= 0.6 is 15.9 Å². The van der Waals surface area contributed by atoms with Crippen LogP contribution in [0, 0.1) is 0 Å². The minimum absolute atomic E-state index is 0.770. The number of anilines is 1. The number of carbonyl (C=O) groups is 1. The molecule has 0 amide bonds. The van der Waals surface area contributed by atoms with Crippen LogP contribution in [0.1, 0.15) is 57.9 Å². The van der Waals surface area contributed by atoms with Crippen molar-refractivity contribution >= 4 is 33.2 Å². The van der Waals surface area contributed by atoms with Gasteiger partial charge in [-0.15, -0.1) is 0 Å². The third kappa shape index (κ3) is 7.52. The van der Waals surface area contributed by atoms with Crippen molar-refractivity contribution < 1.29 is 9.90 Å². The first-order valence-corrected chi connectivity index (χ1v) is 10.1. The Morgan fingerprint density at radius 3 is 2.12 bits per heavy atom. The lowest BCUT2D eigenvalue weighted by molar-refractivity contribution is -0.131. The largest absolute Gasteiger partial charge is 0.478 e. The molecule has 0 aliphatic rings. The van der Waals surface area contributed by atoms with E-state index in [1.54, 1.807) is 0 Å². The van der Waals surface area contributed by atoms with Crippen LogP contribution in [0.2, 0.25) is 0 Å². The van der Waals surface area contributed by atoms with Crippen molar-refractivity contribution in [2.45, 2.75) is 52.4 Å². The number of allylic oxidation sites excluding steroid dienone is 1. The molecule has 0 spiro atoms. The van der Waals surface area contributed by atoms with E-state index in [1.807, 2.05) is 0 Å². The zero-order chi connectivity index (χ0) is 17.8. The van der Waals surface area contributed by atoms with Gasteiger partial charge in [0.05, 0.1) is 0 Å². The summed E-state index contributed by atoms with van der Waals surface area (Å²) in [7, 11) is 0. The van der Waals surface area contributed by atoms with E-state index < -0.39 is 5.97 Å². The molecule has 4 heteroatoms. The number of carboxylic acid groups (broad SMARTS) is 1. The second-order valence-corrected chi connectivity index (χ2v) is 6.83. The number of unbranched alkanes of at least 4 members (excludes halogenated alkanes) is 2. The molecule has 0 aliphatic carbocycles. The SMILES string of the molecule is CCCCN(CCCC)c1ccc(/C(=C/C(=O)O)CCCBr)cc1. The minimum Gasteiger partial charge on any atom is -0.478 e. The molecule has 0 radical (unpaired) electrons. The Kier molecular flexibility index (Phi) is 10.5. The molecule has 24 heavy (non-hydrogen) atoms. The number of carboxylic acids is 1. The van der Waals surface area contributed by atoms with E-state index in [0.29, 0.717) is 0 Å². The maximum atomic E-state index is 11.1. The molecule has 0 saturated carbocycles. The van der Waals surface area contributed by atoms with Crippen molar-refractivity contribution in [3.8, 4) is 0 Å². The van der Waals surface area contributed by atoms with Crippen molar-refractivity contribution in [3.63, 3.8) is 0 Å². The number of hydrogen-bond acceptors (Lipinski definition) is 2. The summed E-state index contributed by atoms with van der Waals surface area (Å²) in [5, 5.41) is 9.96. The van der Waals surface area contributed by atoms with Crippen molar-refractivity contribution in [2.75, 3.05) is 23.3 Å². The molecule has 0 aromatic heterocycles. The number of halogens is 1. The van der Waals surface area contributed by atoms with E-state index >= 15 is 0 Å². The van der Waals surface area contributed by atoms with Gasteiger partial charge < -0.3 is 10.0 Å². The van der Waals surface area contributed by atoms with E-state index in [0.717, 1.165) is 42.4 Å². The van der Waals surface area contributed by atoms with Crippen LogP contribution in [0.25, 0.3) is 5.57 Å². The predicted molar refractivity (Wildman–Crippen MR) is 107 cm³/mol. The number of benzene rings is 1. The quantitative estimate of drug-likeness (QED) is 0.362. The van der Waals surface area contributed by atoms with Crippen LogP contribution in [-0.2, 0) is 4.79 Å². The molecule has 1 aromatic rings. The lowest BCUT2D eigenvalue weighted by atomic mass is 10.0. The monoisotopic (exact) mass is 395 g/mol. The van der Waals surface area contributed by atoms with Crippen LogP contribution in [0.15, 0.2) is 30.3 Å². The molecular formula is C20H30BrNO2. The summed E-state index contributed by atoms with van der Waals surface area (Å²) in [6.45, 7) is 6.59. The third-order valence-corrected chi connectivity index (χ3v) is 4.60. The maximum absolute atomic E-state index is 11.1. The Labute approximate surface area is 154 Å². The number of rotatable bonds is 12. The van der Waals surface area contributed by atoms with Gasteiger partial charge in [0.1, 0.15) is 0 Å². The maximum Gasteiger partial charge on any atom is 0.328 e. The summed E-state index contributed by atoms with van der Waals surface area (Å²) in [6.07, 6.45) is 7.81. The first-order valence-electron chi connectivity index (χ1n) is 8.97. The zero-order valence-corrected chi connectivity index (χ0v) is 16.5. The summed E-state index contributed by atoms with van der Waals surface area (Å²) in [5.41, 5.74) is 3.13. The zero-order valence-electron chi connectivity index (χ0n) is 14.9. The highest BCUT2D eigenvalue weighted by molar-refractivity contribution is 9.09. The Balaban J connectivity index is 2.91. The smallest absolute Gasteiger partial charge is 0.328 e. The van der Waals surface area contributed by atoms with Gasteiger partial charge in [-0.05, 0) is 49.0 Å². The van der Waals surface area contributed by atoms with E-state index in [-0.39, 0.29) is 0 Å². The molecule has 1 rings (SSSR count). The Bertz CT molecular complexity index is 503. The van der Waals surface area contributed by atoms with E-state index in [1.165, 1.54) is 37.4 Å². The van der Waals surface area contributed by atoms with E-state index in [4.69, 9.17) is 5.11 Å². The molecule has 0 fully saturated rings. The van der Waals surface area contributed by atoms with Crippen LogP contribution in [0.5, 0.6) is 0 Å². The van der Waals surface area contributed by atoms with Gasteiger partial charge in [0.25, 0.3) is 0 Å². The summed E-state index contributed by atoms with van der Waals surface area (Å²) < 4.78 is 0. The lowest BCUT2D eigenvalue weighted by Gasteiger charge is -2.25. The van der Waals surface area contributed by atoms with E-state index in [9.17, 15) is 4.79 Å². The summed E-state index contributed by atoms with van der Waals surface area (Å²) in [4.78, 5) is 13.5. The molecule has 0 heterocycles. The van der Waals surface area contributed by atoms with E-state index in [2.05, 4.69) is 58.9 Å². The molecule has 134 valence electrons. The molecule has 0 unspecified atom stereocenters. The molecule has 1 aromatic carbocycles. The highest BCUT2D eigenvalue weighted by atomic mass is 79.9. The summed E-state index contributed by atoms with van der Waals surface area (Å²) in [5.74, 6) is -0.879. The summed E-state index contributed by atoms with van der Waals surface area (Å²) >= 11 is 3.41. The third-order valence-electron chi connectivity index (χ3n) is 4.04. The standard InChI is InChI=1S/C20H30BrNO2/c1-3-5-14-22(15-6-4-2)19-11-9-17(10-12-19)18(8-7-13-21)16-20(23)24/h9-12,16H,3-8,13-15H2,1-2H3,(H,23,24)/b18-16+. The molecule has 1 N–H and O–H groups in total. The normalized spacial score (nSPS) is 11.5. The van der Waals surface area contributed by atoms with Crippen molar-refractivity contribution in [3.05, 3.63) is 35.9 Å². The summed E-state index contributed by atoms with van der Waals surface area (Å²) in [6, 6.07) is 8.38. The van der Waals surface area contributed by atoms with Gasteiger partial charge in [0.2, 0.25) is 0 Å². The lowest BCUT2D eigenvalue weighted by Crippen LogP contribution is -2.25. The highest BCUT2D eigenvalue weighted by Crippen LogP contribution is 2.24. The number of nitrogens with zero attached hydrogens (tertiary/aromatic N) is 1. The van der Waals surface area contributed by atoms with Gasteiger partial charge in [-0.25, -0.2) is 4.79 Å². The van der Waals surface area contributed by atoms with Gasteiger partial charge in [-0.1, -0.05) is 54.8 Å². The molecule has 0 atom stereocenters. The van der Waals surface area contributed by atoms with Gasteiger partial charge in [-0.3, -0.25) is 0 Å². The van der Waals surface area contributed by atoms with Crippen molar-refractivity contribution in [1.82, 2.24) is 0 Å². The van der Waals surface area contributed by atoms with Crippen LogP contribution in [0.4, 0.5) is 5.69 Å². The fourth-order valence-electron chi connectivity index (χ4n) is 2.66. The Hall–Kier alpha value is -1.29. The fraction of sp³-hybridized carbons (Fsp3) is 0.550. The molecule has 0 saturated heterocycles. The van der Waals surface area contributed by atoms with Crippen LogP contribution < -0.4 is 4.90 Å². The highest BCUT2D eigenvalue weighted by Gasteiger charge is 2.08. The number of hydrogen-bond donors (Lipinski definition) is 1. The van der Waals surface area contributed by atoms with Crippen LogP contribution in [0.3, 0.4) is 0 Å². The average Bonchev–Trinajstić information content (AvgIpc) is 2.59. The van der Waals surface area contributed by atoms with Gasteiger partial charge in [0, 0.05) is 30.2 Å². The van der Waals surface area contributed by atoms with Crippen LogP contribution in [-0.4, -0.2) is 29.5 Å². The molecule has 3 nitrogen and oxygen atoms in total. The molecular weight excluding hydrogens is 366 g/mol. The first-order chi connectivity index (χ1) is 11.6. The van der Waals surface area contributed by atoms with Gasteiger partial charge in [-0.2, -0.15) is 0 Å². The van der Waals surface area contributed by atoms with Gasteiger partial charge >= 0.3 is 5.97 Å². The van der Waals surface area contributed by atoms with Crippen molar-refractivity contribution in [2.24, 2.45) is 0 Å². The van der Waals surface area contributed by atoms with Gasteiger partial charge in [0.15, 0.2) is 0 Å². The first kappa shape index (κ1) is 20.8. The minimum atomic E-state index is -0.879. The Morgan fingerprint density at radius 2 is 1.67 bits per heavy atom. The second kappa shape index (κ2) is 12.1. The predicted octanol–water partition coefficient (Wildman–Crippen LogP) is 5.74. The average molecular weight is 396 g/mol. The Morgan fingerprint density at radius 1 is 1.08 bits per heavy atom. The van der Waals surface area contributed by atoms with Crippen molar-refractivity contribution in [1.29, 1.82) is 0 Å². The number of aliphatic carboxylic acids is 1. The molecule has 0 bridgehead atoms. The number of alkyl halides is 1. The molecule has 0 aliphatic heterocycles.